The standard InChI is InChI=1S/C18H23NO3S/c1-16(2)14-7-8-18(16,15(20)9-14)17(23(19,21)22)10-12-5-3-4-6-13(12)11-17/h3-6,14H,7-11H2,1-2H3,(H2,19,21,22). The van der Waals surface area contributed by atoms with Crippen molar-refractivity contribution >= 4 is 15.8 Å². The summed E-state index contributed by atoms with van der Waals surface area (Å²) in [4.78, 5) is 13.0. The lowest BCUT2D eigenvalue weighted by Gasteiger charge is -2.49. The zero-order chi connectivity index (χ0) is 16.7. The smallest absolute Gasteiger partial charge is 0.216 e. The minimum atomic E-state index is -3.88. The Morgan fingerprint density at radius 2 is 1.70 bits per heavy atom. The summed E-state index contributed by atoms with van der Waals surface area (Å²) in [5.74, 6) is 0.387. The summed E-state index contributed by atoms with van der Waals surface area (Å²) in [6.45, 7) is 4.15. The lowest BCUT2D eigenvalue weighted by molar-refractivity contribution is -0.132. The van der Waals surface area contributed by atoms with E-state index < -0.39 is 20.2 Å². The Balaban J connectivity index is 1.99. The summed E-state index contributed by atoms with van der Waals surface area (Å²) in [7, 11) is -3.88. The molecule has 0 amide bonds. The highest BCUT2D eigenvalue weighted by atomic mass is 32.2. The van der Waals surface area contributed by atoms with Gasteiger partial charge in [0.15, 0.2) is 0 Å². The van der Waals surface area contributed by atoms with Gasteiger partial charge in [-0.2, -0.15) is 0 Å². The number of rotatable bonds is 2. The van der Waals surface area contributed by atoms with E-state index >= 15 is 0 Å². The monoisotopic (exact) mass is 333 g/mol. The average molecular weight is 333 g/mol. The zero-order valence-electron chi connectivity index (χ0n) is 13.6. The van der Waals surface area contributed by atoms with Gasteiger partial charge in [-0.15, -0.1) is 0 Å². The highest BCUT2D eigenvalue weighted by Gasteiger charge is 2.76. The third-order valence-corrected chi connectivity index (χ3v) is 9.02. The molecule has 3 aliphatic rings. The van der Waals surface area contributed by atoms with Crippen molar-refractivity contribution in [2.45, 2.75) is 50.7 Å². The molecule has 2 atom stereocenters. The van der Waals surface area contributed by atoms with E-state index in [4.69, 9.17) is 5.14 Å². The van der Waals surface area contributed by atoms with Crippen molar-refractivity contribution in [2.24, 2.45) is 21.9 Å². The number of hydrogen-bond donors (Lipinski definition) is 1. The van der Waals surface area contributed by atoms with E-state index in [0.29, 0.717) is 25.7 Å². The molecule has 0 aromatic heterocycles. The molecule has 2 saturated carbocycles. The first kappa shape index (κ1) is 15.3. The van der Waals surface area contributed by atoms with Gasteiger partial charge in [-0.25, -0.2) is 13.6 Å². The second kappa shape index (κ2) is 4.25. The predicted octanol–water partition coefficient (Wildman–Crippen LogP) is 2.21. The average Bonchev–Trinajstić information content (AvgIpc) is 3.03. The molecule has 0 saturated heterocycles. The number of fused-ring (bicyclic) bond motifs is 3. The van der Waals surface area contributed by atoms with E-state index in [1.54, 1.807) is 0 Å². The van der Waals surface area contributed by atoms with Gasteiger partial charge in [0, 0.05) is 6.42 Å². The number of carbonyl (C=O) groups excluding carboxylic acids is 1. The maximum Gasteiger partial charge on any atom is 0.216 e. The molecule has 4 nitrogen and oxygen atoms in total. The van der Waals surface area contributed by atoms with Crippen molar-refractivity contribution in [1.29, 1.82) is 0 Å². The van der Waals surface area contributed by atoms with Gasteiger partial charge in [-0.1, -0.05) is 38.1 Å². The van der Waals surface area contributed by atoms with Gasteiger partial charge in [-0.05, 0) is 48.1 Å². The number of Topliss-reactive ketones (excluding diaryl/α,β-unsaturated/α-hetero) is 1. The van der Waals surface area contributed by atoms with E-state index in [2.05, 4.69) is 13.8 Å². The second-order valence-corrected chi connectivity index (χ2v) is 10.0. The molecule has 5 heteroatoms. The van der Waals surface area contributed by atoms with E-state index in [0.717, 1.165) is 17.5 Å². The quantitative estimate of drug-likeness (QED) is 0.901. The van der Waals surface area contributed by atoms with Crippen molar-refractivity contribution in [2.75, 3.05) is 0 Å². The van der Waals surface area contributed by atoms with Crippen LogP contribution < -0.4 is 5.14 Å². The van der Waals surface area contributed by atoms with Crippen molar-refractivity contribution in [1.82, 2.24) is 0 Å². The molecule has 2 N–H and O–H groups in total. The van der Waals surface area contributed by atoms with Crippen LogP contribution in [0.25, 0.3) is 0 Å². The molecule has 2 bridgehead atoms. The van der Waals surface area contributed by atoms with Gasteiger partial charge in [0.1, 0.15) is 10.5 Å². The fraction of sp³-hybridized carbons (Fsp3) is 0.611. The summed E-state index contributed by atoms with van der Waals surface area (Å²) in [5, 5.41) is 5.82. The summed E-state index contributed by atoms with van der Waals surface area (Å²) in [6.07, 6.45) is 2.80. The van der Waals surface area contributed by atoms with Crippen molar-refractivity contribution in [3.05, 3.63) is 35.4 Å². The van der Waals surface area contributed by atoms with E-state index in [1.807, 2.05) is 24.3 Å². The molecule has 0 heterocycles. The Labute approximate surface area is 137 Å². The second-order valence-electron chi connectivity index (χ2n) is 8.15. The Bertz CT molecular complexity index is 786. The van der Waals surface area contributed by atoms with Crippen molar-refractivity contribution < 1.29 is 13.2 Å². The first-order chi connectivity index (χ1) is 10.7. The molecule has 1 aromatic carbocycles. The minimum absolute atomic E-state index is 0.112. The molecule has 0 spiro atoms. The fourth-order valence-corrected chi connectivity index (χ4v) is 7.75. The van der Waals surface area contributed by atoms with E-state index in [-0.39, 0.29) is 17.1 Å². The molecule has 1 aromatic rings. The van der Waals surface area contributed by atoms with Gasteiger partial charge >= 0.3 is 0 Å². The predicted molar refractivity (Wildman–Crippen MR) is 88.3 cm³/mol. The lowest BCUT2D eigenvalue weighted by atomic mass is 9.60. The van der Waals surface area contributed by atoms with Crippen LogP contribution in [0.1, 0.15) is 44.2 Å². The number of primary sulfonamides is 1. The van der Waals surface area contributed by atoms with Crippen LogP contribution in [0.4, 0.5) is 0 Å². The molecule has 2 unspecified atom stereocenters. The summed E-state index contributed by atoms with van der Waals surface area (Å²) >= 11 is 0. The van der Waals surface area contributed by atoms with Crippen LogP contribution in [0.3, 0.4) is 0 Å². The van der Waals surface area contributed by atoms with Gasteiger partial charge in [0.05, 0.1) is 5.41 Å². The molecule has 3 aliphatic carbocycles. The van der Waals surface area contributed by atoms with Crippen LogP contribution in [0.15, 0.2) is 24.3 Å². The Hall–Kier alpha value is -1.20. The maximum atomic E-state index is 13.0. The minimum Gasteiger partial charge on any atom is -0.299 e. The van der Waals surface area contributed by atoms with E-state index in [9.17, 15) is 13.2 Å². The van der Waals surface area contributed by atoms with Gasteiger partial charge in [0.25, 0.3) is 0 Å². The Kier molecular flexibility index (Phi) is 2.83. The van der Waals surface area contributed by atoms with Gasteiger partial charge < -0.3 is 0 Å². The Morgan fingerprint density at radius 3 is 2.09 bits per heavy atom. The Morgan fingerprint density at radius 1 is 1.13 bits per heavy atom. The molecule has 23 heavy (non-hydrogen) atoms. The SMILES string of the molecule is CC1(C)C2CCC1(C1(S(N)(=O)=O)Cc3ccccc3C1)C(=O)C2. The molecular formula is C18H23NO3S. The highest BCUT2D eigenvalue weighted by molar-refractivity contribution is 7.90. The number of sulfonamides is 1. The van der Waals surface area contributed by atoms with Crippen molar-refractivity contribution in [3.63, 3.8) is 0 Å². The number of nitrogens with two attached hydrogens (primary N) is 1. The van der Waals surface area contributed by atoms with Crippen LogP contribution in [0.5, 0.6) is 0 Å². The van der Waals surface area contributed by atoms with Crippen LogP contribution >= 0.6 is 0 Å². The molecule has 124 valence electrons. The van der Waals surface area contributed by atoms with Crippen LogP contribution in [0, 0.1) is 16.7 Å². The summed E-state index contributed by atoms with van der Waals surface area (Å²) < 4.78 is 24.5. The van der Waals surface area contributed by atoms with Gasteiger partial charge in [0.2, 0.25) is 10.0 Å². The van der Waals surface area contributed by atoms with Crippen LogP contribution in [-0.4, -0.2) is 18.9 Å². The topological polar surface area (TPSA) is 77.2 Å². The third-order valence-electron chi connectivity index (χ3n) is 7.29. The third kappa shape index (κ3) is 1.55. The summed E-state index contributed by atoms with van der Waals surface area (Å²) in [5.41, 5.74) is 0.875. The highest BCUT2D eigenvalue weighted by Crippen LogP contribution is 2.71. The molecular weight excluding hydrogens is 310 g/mol. The molecule has 0 radical (unpaired) electrons. The van der Waals surface area contributed by atoms with E-state index in [1.165, 1.54) is 0 Å². The van der Waals surface area contributed by atoms with Crippen LogP contribution in [0.2, 0.25) is 0 Å². The summed E-state index contributed by atoms with van der Waals surface area (Å²) in [6, 6.07) is 7.79. The largest absolute Gasteiger partial charge is 0.299 e. The number of hydrogen-bond acceptors (Lipinski definition) is 3. The van der Waals surface area contributed by atoms with Crippen molar-refractivity contribution in [3.8, 4) is 0 Å². The number of benzene rings is 1. The zero-order valence-corrected chi connectivity index (χ0v) is 14.4. The normalized spacial score (nSPS) is 33.9. The lowest BCUT2D eigenvalue weighted by Crippen LogP contribution is -2.63. The first-order valence-corrected chi connectivity index (χ1v) is 9.83. The molecule has 4 rings (SSSR count). The fourth-order valence-electron chi connectivity index (χ4n) is 6.07. The van der Waals surface area contributed by atoms with Gasteiger partial charge in [-0.3, -0.25) is 4.79 Å². The first-order valence-electron chi connectivity index (χ1n) is 8.28. The van der Waals surface area contributed by atoms with Crippen LogP contribution in [-0.2, 0) is 27.7 Å². The number of ketones is 1. The number of carbonyl (C=O) groups is 1. The maximum absolute atomic E-state index is 13.0. The molecule has 2 fully saturated rings. The molecule has 0 aliphatic heterocycles.